The van der Waals surface area contributed by atoms with E-state index in [9.17, 15) is 19.2 Å². The number of para-hydroxylation sites is 2. The van der Waals surface area contributed by atoms with Gasteiger partial charge in [-0.25, -0.2) is 9.59 Å². The molecule has 0 aliphatic rings. The Morgan fingerprint density at radius 3 is 1.04 bits per heavy atom. The summed E-state index contributed by atoms with van der Waals surface area (Å²) in [4.78, 5) is 45.2. The van der Waals surface area contributed by atoms with Crippen LogP contribution >= 0.6 is 12.6 Å². The zero-order valence-electron chi connectivity index (χ0n) is 28.9. The fraction of sp³-hybridized carbons (Fsp3) is 0.282. The highest BCUT2D eigenvalue weighted by atomic mass is 32.1. The number of Topliss-reactive ketones (excluding diaryl/α,β-unsaturated/α-hetero) is 2. The Hall–Kier alpha value is -4.65. The van der Waals surface area contributed by atoms with E-state index in [0.29, 0.717) is 41.9 Å². The van der Waals surface area contributed by atoms with Crippen molar-refractivity contribution in [3.63, 3.8) is 0 Å². The van der Waals surface area contributed by atoms with Crippen molar-refractivity contribution < 1.29 is 28.7 Å². The third-order valence-electron chi connectivity index (χ3n) is 6.84. The van der Waals surface area contributed by atoms with Crippen molar-refractivity contribution >= 4 is 36.1 Å². The highest BCUT2D eigenvalue weighted by Crippen LogP contribution is 2.10. The SMILES string of the molecule is CC[C@@H](N)C(=O)c1ccccc1.CC[C@H](N)C(=O)Oc1ccccc1.CC[C@H](N)C(=O)c1ccccc1.N[C@H](CS)C(=O)Oc1ccccc1. The normalized spacial score (nSPS) is 12.3. The number of hydrogen-bond donors (Lipinski definition) is 5. The lowest BCUT2D eigenvalue weighted by atomic mass is 10.0. The van der Waals surface area contributed by atoms with Gasteiger partial charge < -0.3 is 32.4 Å². The summed E-state index contributed by atoms with van der Waals surface area (Å²) in [5.74, 6) is 0.540. The van der Waals surface area contributed by atoms with E-state index in [1.807, 2.05) is 69.3 Å². The minimum absolute atomic E-state index is 0.0260. The predicted octanol–water partition coefficient (Wildman–Crippen LogP) is 5.39. The third-order valence-corrected chi connectivity index (χ3v) is 7.23. The molecule has 0 radical (unpaired) electrons. The van der Waals surface area contributed by atoms with Crippen LogP contribution in [0.1, 0.15) is 60.7 Å². The van der Waals surface area contributed by atoms with E-state index >= 15 is 0 Å². The summed E-state index contributed by atoms with van der Waals surface area (Å²) in [7, 11) is 0. The zero-order valence-corrected chi connectivity index (χ0v) is 29.8. The molecule has 50 heavy (non-hydrogen) atoms. The Morgan fingerprint density at radius 2 is 0.760 bits per heavy atom. The quantitative estimate of drug-likeness (QED) is 0.0554. The second kappa shape index (κ2) is 25.3. The first kappa shape index (κ1) is 43.4. The number of ether oxygens (including phenoxy) is 2. The van der Waals surface area contributed by atoms with Crippen LogP contribution in [-0.4, -0.2) is 53.4 Å². The number of carbonyl (C=O) groups is 4. The molecule has 0 aliphatic heterocycles. The molecule has 0 aliphatic carbocycles. The van der Waals surface area contributed by atoms with Gasteiger partial charge in [0.15, 0.2) is 11.6 Å². The molecular weight excluding hydrogens is 653 g/mol. The maximum Gasteiger partial charge on any atom is 0.329 e. The molecule has 0 heterocycles. The molecule has 8 N–H and O–H groups in total. The molecule has 0 saturated carbocycles. The second-order valence-electron chi connectivity index (χ2n) is 10.8. The summed E-state index contributed by atoms with van der Waals surface area (Å²) in [5.41, 5.74) is 23.5. The first-order chi connectivity index (χ1) is 24.0. The summed E-state index contributed by atoms with van der Waals surface area (Å²) in [5, 5.41) is 0. The monoisotopic (exact) mass is 702 g/mol. The molecule has 10 nitrogen and oxygen atoms in total. The number of nitrogens with two attached hydrogens (primary N) is 4. The van der Waals surface area contributed by atoms with Crippen LogP contribution in [0.15, 0.2) is 121 Å². The van der Waals surface area contributed by atoms with Crippen LogP contribution in [-0.2, 0) is 9.59 Å². The smallest absolute Gasteiger partial charge is 0.329 e. The van der Waals surface area contributed by atoms with Gasteiger partial charge in [0.05, 0.1) is 12.1 Å². The lowest BCUT2D eigenvalue weighted by molar-refractivity contribution is -0.136. The van der Waals surface area contributed by atoms with Gasteiger partial charge in [0.2, 0.25) is 0 Å². The maximum absolute atomic E-state index is 11.5. The van der Waals surface area contributed by atoms with Gasteiger partial charge in [-0.2, -0.15) is 12.6 Å². The first-order valence-corrected chi connectivity index (χ1v) is 17.0. The number of ketones is 2. The molecule has 0 saturated heterocycles. The average molecular weight is 703 g/mol. The summed E-state index contributed by atoms with van der Waals surface area (Å²) >= 11 is 3.90. The molecule has 0 amide bonds. The third kappa shape index (κ3) is 17.1. The minimum atomic E-state index is -0.663. The summed E-state index contributed by atoms with van der Waals surface area (Å²) < 4.78 is 9.96. The predicted molar refractivity (Wildman–Crippen MR) is 202 cm³/mol. The van der Waals surface area contributed by atoms with Crippen molar-refractivity contribution in [2.24, 2.45) is 22.9 Å². The van der Waals surface area contributed by atoms with Crippen LogP contribution in [0.4, 0.5) is 0 Å². The molecule has 4 aromatic rings. The van der Waals surface area contributed by atoms with Gasteiger partial charge in [-0.1, -0.05) is 118 Å². The van der Waals surface area contributed by atoms with Gasteiger partial charge in [-0.3, -0.25) is 9.59 Å². The van der Waals surface area contributed by atoms with Gasteiger partial charge in [-0.15, -0.1) is 0 Å². The Labute approximate surface area is 300 Å². The van der Waals surface area contributed by atoms with Crippen molar-refractivity contribution in [1.82, 2.24) is 0 Å². The molecule has 268 valence electrons. The maximum atomic E-state index is 11.5. The first-order valence-electron chi connectivity index (χ1n) is 16.3. The van der Waals surface area contributed by atoms with E-state index in [4.69, 9.17) is 32.4 Å². The lowest BCUT2D eigenvalue weighted by Crippen LogP contribution is -2.35. The standard InChI is InChI=1S/C10H13NO2.2C10H13NO.C9H11NO2S/c1-2-9(11)10(12)13-8-6-4-3-5-7-8;2*1-2-9(11)10(12)8-6-4-3-5-7-8;10-8(6-13)9(11)12-7-4-2-1-3-5-7/h3-7,9H,2,11H2,1H3;2*3-7,9H,2,11H2,1H3;1-5,8,13H,6,10H2/t3*9-;8-/m0101/s1. The summed E-state index contributed by atoms with van der Waals surface area (Å²) in [6, 6.07) is 34.1. The summed E-state index contributed by atoms with van der Waals surface area (Å²) in [6.45, 7) is 5.66. The van der Waals surface area contributed by atoms with Gasteiger partial charge in [0, 0.05) is 16.9 Å². The van der Waals surface area contributed by atoms with E-state index in [1.54, 1.807) is 72.8 Å². The molecule has 0 fully saturated rings. The van der Waals surface area contributed by atoms with E-state index in [1.165, 1.54) is 0 Å². The topological polar surface area (TPSA) is 191 Å². The van der Waals surface area contributed by atoms with Crippen LogP contribution in [0.5, 0.6) is 11.5 Å². The van der Waals surface area contributed by atoms with Crippen molar-refractivity contribution in [3.05, 3.63) is 132 Å². The highest BCUT2D eigenvalue weighted by Gasteiger charge is 2.15. The molecular formula is C39H50N4O6S. The second-order valence-corrected chi connectivity index (χ2v) is 11.1. The Morgan fingerprint density at radius 1 is 0.480 bits per heavy atom. The highest BCUT2D eigenvalue weighted by molar-refractivity contribution is 7.80. The average Bonchev–Trinajstić information content (AvgIpc) is 3.18. The van der Waals surface area contributed by atoms with E-state index in [0.717, 1.165) is 0 Å². The Balaban J connectivity index is 0.000000334. The molecule has 4 atom stereocenters. The number of benzene rings is 4. The molecule has 0 bridgehead atoms. The van der Waals surface area contributed by atoms with Gasteiger partial charge in [-0.05, 0) is 43.5 Å². The fourth-order valence-corrected chi connectivity index (χ4v) is 3.75. The number of rotatable bonds is 12. The van der Waals surface area contributed by atoms with Crippen molar-refractivity contribution in [1.29, 1.82) is 0 Å². The number of esters is 2. The largest absolute Gasteiger partial charge is 0.425 e. The molecule has 0 aromatic heterocycles. The Bertz CT molecular complexity index is 1410. The summed E-state index contributed by atoms with van der Waals surface area (Å²) in [6.07, 6.45) is 1.97. The van der Waals surface area contributed by atoms with Crippen LogP contribution in [0.3, 0.4) is 0 Å². The minimum Gasteiger partial charge on any atom is -0.425 e. The lowest BCUT2D eigenvalue weighted by Gasteiger charge is -2.08. The van der Waals surface area contributed by atoms with Crippen LogP contribution < -0.4 is 32.4 Å². The van der Waals surface area contributed by atoms with Crippen molar-refractivity contribution in [3.8, 4) is 11.5 Å². The van der Waals surface area contributed by atoms with Gasteiger partial charge in [0.25, 0.3) is 0 Å². The number of hydrogen-bond acceptors (Lipinski definition) is 11. The fourth-order valence-electron chi connectivity index (χ4n) is 3.61. The van der Waals surface area contributed by atoms with Crippen LogP contribution in [0, 0.1) is 0 Å². The van der Waals surface area contributed by atoms with E-state index in [2.05, 4.69) is 12.6 Å². The zero-order chi connectivity index (χ0) is 37.3. The van der Waals surface area contributed by atoms with Gasteiger partial charge >= 0.3 is 11.9 Å². The van der Waals surface area contributed by atoms with E-state index < -0.39 is 18.1 Å². The van der Waals surface area contributed by atoms with Crippen LogP contribution in [0.25, 0.3) is 0 Å². The van der Waals surface area contributed by atoms with E-state index in [-0.39, 0.29) is 35.4 Å². The Kier molecular flexibility index (Phi) is 22.0. The molecule has 4 rings (SSSR count). The van der Waals surface area contributed by atoms with Crippen molar-refractivity contribution in [2.45, 2.75) is 64.2 Å². The number of thiol groups is 1. The van der Waals surface area contributed by atoms with Crippen molar-refractivity contribution in [2.75, 3.05) is 5.75 Å². The number of carbonyl (C=O) groups excluding carboxylic acids is 4. The molecule has 11 heteroatoms. The molecule has 0 spiro atoms. The molecule has 4 aromatic carbocycles. The molecule has 0 unspecified atom stereocenters. The van der Waals surface area contributed by atoms with Crippen LogP contribution in [0.2, 0.25) is 0 Å². The van der Waals surface area contributed by atoms with Gasteiger partial charge in [0.1, 0.15) is 23.6 Å².